The predicted octanol–water partition coefficient (Wildman–Crippen LogP) is 5.63. The number of hydrogen-bond donors (Lipinski definition) is 0. The molecule has 0 N–H and O–H groups in total. The molecule has 0 amide bonds. The van der Waals surface area contributed by atoms with E-state index < -0.39 is 0 Å². The molecule has 0 aliphatic carbocycles. The topological polar surface area (TPSA) is 12.9 Å². The fraction of sp³-hybridized carbons (Fsp3) is 0.0625. The van der Waals surface area contributed by atoms with Crippen LogP contribution in [0.4, 0.5) is 0 Å². The van der Waals surface area contributed by atoms with Crippen LogP contribution in [0.1, 0.15) is 5.56 Å². The van der Waals surface area contributed by atoms with Crippen molar-refractivity contribution in [1.29, 1.82) is 0 Å². The zero-order valence-corrected chi connectivity index (χ0v) is 12.7. The monoisotopic (exact) mass is 331 g/mol. The van der Waals surface area contributed by atoms with Crippen LogP contribution in [-0.4, -0.2) is 4.98 Å². The molecule has 1 aromatic heterocycles. The first kappa shape index (κ1) is 12.6. The molecule has 0 saturated heterocycles. The smallest absolute Gasteiger partial charge is 0.0869 e. The van der Waals surface area contributed by atoms with Crippen molar-refractivity contribution in [3.05, 3.63) is 63.6 Å². The molecule has 0 radical (unpaired) electrons. The molecular formula is C16H11BrClN. The number of aromatic nitrogens is 1. The van der Waals surface area contributed by atoms with Gasteiger partial charge in [-0.15, -0.1) is 0 Å². The van der Waals surface area contributed by atoms with Gasteiger partial charge in [0.25, 0.3) is 0 Å². The average molecular weight is 333 g/mol. The van der Waals surface area contributed by atoms with Crippen LogP contribution in [-0.2, 0) is 0 Å². The molecule has 0 aliphatic heterocycles. The minimum Gasteiger partial charge on any atom is -0.247 e. The van der Waals surface area contributed by atoms with Crippen LogP contribution in [0.2, 0.25) is 5.02 Å². The number of fused-ring (bicyclic) bond motifs is 1. The van der Waals surface area contributed by atoms with Crippen LogP contribution in [0.25, 0.3) is 22.2 Å². The second kappa shape index (κ2) is 4.95. The Balaban J connectivity index is 2.37. The van der Waals surface area contributed by atoms with Crippen molar-refractivity contribution >= 4 is 38.4 Å². The van der Waals surface area contributed by atoms with Crippen LogP contribution in [0.3, 0.4) is 0 Å². The molecule has 1 nitrogen and oxygen atoms in total. The molecule has 19 heavy (non-hydrogen) atoms. The molecule has 0 bridgehead atoms. The van der Waals surface area contributed by atoms with Gasteiger partial charge in [0.1, 0.15) is 0 Å². The van der Waals surface area contributed by atoms with Gasteiger partial charge >= 0.3 is 0 Å². The zero-order chi connectivity index (χ0) is 13.4. The Bertz CT molecular complexity index is 768. The van der Waals surface area contributed by atoms with Crippen molar-refractivity contribution in [2.75, 3.05) is 0 Å². The highest BCUT2D eigenvalue weighted by Crippen LogP contribution is 2.36. The lowest BCUT2D eigenvalue weighted by atomic mass is 10.1. The third-order valence-electron chi connectivity index (χ3n) is 3.21. The molecule has 94 valence electrons. The quantitative estimate of drug-likeness (QED) is 0.563. The van der Waals surface area contributed by atoms with E-state index in [-0.39, 0.29) is 0 Å². The van der Waals surface area contributed by atoms with Crippen LogP contribution in [0.5, 0.6) is 0 Å². The molecule has 0 unspecified atom stereocenters. The van der Waals surface area contributed by atoms with Crippen molar-refractivity contribution in [1.82, 2.24) is 4.98 Å². The average Bonchev–Trinajstić information content (AvgIpc) is 2.44. The number of nitrogens with zero attached hydrogens (tertiary/aromatic N) is 1. The number of para-hydroxylation sites is 1. The van der Waals surface area contributed by atoms with Gasteiger partial charge in [-0.1, -0.05) is 48.0 Å². The van der Waals surface area contributed by atoms with Gasteiger partial charge in [-0.05, 0) is 40.5 Å². The van der Waals surface area contributed by atoms with Gasteiger partial charge in [0.05, 0.1) is 11.2 Å². The van der Waals surface area contributed by atoms with Crippen molar-refractivity contribution in [3.8, 4) is 11.3 Å². The molecule has 0 saturated carbocycles. The Morgan fingerprint density at radius 2 is 1.68 bits per heavy atom. The minimum atomic E-state index is 0.713. The summed E-state index contributed by atoms with van der Waals surface area (Å²) < 4.78 is 0.999. The molecule has 3 aromatic rings. The minimum absolute atomic E-state index is 0.713. The Kier molecular flexibility index (Phi) is 3.29. The first-order valence-electron chi connectivity index (χ1n) is 5.98. The number of benzene rings is 2. The zero-order valence-electron chi connectivity index (χ0n) is 10.3. The fourth-order valence-electron chi connectivity index (χ4n) is 2.19. The van der Waals surface area contributed by atoms with E-state index in [1.807, 2.05) is 42.5 Å². The van der Waals surface area contributed by atoms with Crippen molar-refractivity contribution in [2.24, 2.45) is 0 Å². The molecular weight excluding hydrogens is 322 g/mol. The first-order valence-corrected chi connectivity index (χ1v) is 7.15. The summed E-state index contributed by atoms with van der Waals surface area (Å²) in [6.45, 7) is 2.09. The fourth-order valence-corrected chi connectivity index (χ4v) is 2.93. The maximum Gasteiger partial charge on any atom is 0.0869 e. The molecule has 1 heterocycles. The van der Waals surface area contributed by atoms with E-state index in [9.17, 15) is 0 Å². The third kappa shape index (κ3) is 2.15. The summed E-state index contributed by atoms with van der Waals surface area (Å²) in [5, 5.41) is 1.87. The Labute approximate surface area is 125 Å². The maximum absolute atomic E-state index is 6.27. The predicted molar refractivity (Wildman–Crippen MR) is 84.6 cm³/mol. The van der Waals surface area contributed by atoms with Crippen molar-refractivity contribution in [3.63, 3.8) is 0 Å². The Morgan fingerprint density at radius 1 is 1.00 bits per heavy atom. The van der Waals surface area contributed by atoms with Crippen LogP contribution >= 0.6 is 27.5 Å². The summed E-state index contributed by atoms with van der Waals surface area (Å²) in [6.07, 6.45) is 0. The van der Waals surface area contributed by atoms with E-state index in [2.05, 4.69) is 28.9 Å². The van der Waals surface area contributed by atoms with E-state index in [1.165, 1.54) is 5.56 Å². The lowest BCUT2D eigenvalue weighted by Gasteiger charge is -2.11. The highest BCUT2D eigenvalue weighted by atomic mass is 79.9. The van der Waals surface area contributed by atoms with Crippen LogP contribution in [0.15, 0.2) is 53.0 Å². The van der Waals surface area contributed by atoms with Crippen LogP contribution in [0, 0.1) is 6.92 Å². The third-order valence-corrected chi connectivity index (χ3v) is 4.51. The SMILES string of the molecule is Cc1c(Br)c(-c2ccccc2Cl)nc2ccccc12. The first-order chi connectivity index (χ1) is 9.18. The van der Waals surface area contributed by atoms with E-state index in [0.717, 1.165) is 26.6 Å². The molecule has 2 aromatic carbocycles. The van der Waals surface area contributed by atoms with Gasteiger partial charge in [-0.2, -0.15) is 0 Å². The lowest BCUT2D eigenvalue weighted by Crippen LogP contribution is -1.92. The summed E-state index contributed by atoms with van der Waals surface area (Å²) in [6, 6.07) is 15.9. The second-order valence-corrected chi connectivity index (χ2v) is 5.60. The number of halogens is 2. The Morgan fingerprint density at radius 3 is 2.47 bits per heavy atom. The molecule has 0 spiro atoms. The number of hydrogen-bond acceptors (Lipinski definition) is 1. The second-order valence-electron chi connectivity index (χ2n) is 4.40. The molecule has 0 fully saturated rings. The number of aryl methyl sites for hydroxylation is 1. The maximum atomic E-state index is 6.27. The van der Waals surface area contributed by atoms with E-state index in [0.29, 0.717) is 5.02 Å². The Hall–Kier alpha value is -1.38. The van der Waals surface area contributed by atoms with Gasteiger partial charge in [0.15, 0.2) is 0 Å². The molecule has 3 heteroatoms. The van der Waals surface area contributed by atoms with Crippen molar-refractivity contribution in [2.45, 2.75) is 6.92 Å². The number of pyridine rings is 1. The van der Waals surface area contributed by atoms with Gasteiger partial charge in [-0.25, -0.2) is 4.98 Å². The van der Waals surface area contributed by atoms with E-state index >= 15 is 0 Å². The normalized spacial score (nSPS) is 10.9. The highest BCUT2D eigenvalue weighted by Gasteiger charge is 2.13. The molecule has 0 atom stereocenters. The summed E-state index contributed by atoms with van der Waals surface area (Å²) >= 11 is 9.92. The van der Waals surface area contributed by atoms with E-state index in [4.69, 9.17) is 16.6 Å². The standard InChI is InChI=1S/C16H11BrClN/c1-10-11-6-3-5-9-14(11)19-16(15(10)17)12-7-2-4-8-13(12)18/h2-9H,1H3. The summed E-state index contributed by atoms with van der Waals surface area (Å²) in [7, 11) is 0. The molecule has 3 rings (SSSR count). The molecule has 0 aliphatic rings. The summed E-state index contributed by atoms with van der Waals surface area (Å²) in [5.74, 6) is 0. The van der Waals surface area contributed by atoms with Gasteiger partial charge in [0.2, 0.25) is 0 Å². The van der Waals surface area contributed by atoms with Gasteiger partial charge in [0, 0.05) is 20.4 Å². The summed E-state index contributed by atoms with van der Waals surface area (Å²) in [5.41, 5.74) is 4.00. The largest absolute Gasteiger partial charge is 0.247 e. The van der Waals surface area contributed by atoms with E-state index in [1.54, 1.807) is 0 Å². The number of rotatable bonds is 1. The highest BCUT2D eigenvalue weighted by molar-refractivity contribution is 9.10. The van der Waals surface area contributed by atoms with Crippen LogP contribution < -0.4 is 0 Å². The summed E-state index contributed by atoms with van der Waals surface area (Å²) in [4.78, 5) is 4.74. The van der Waals surface area contributed by atoms with Gasteiger partial charge < -0.3 is 0 Å². The van der Waals surface area contributed by atoms with Crippen molar-refractivity contribution < 1.29 is 0 Å². The lowest BCUT2D eigenvalue weighted by molar-refractivity contribution is 1.33. The van der Waals surface area contributed by atoms with Gasteiger partial charge in [-0.3, -0.25) is 0 Å².